The normalized spacial score (nSPS) is 16.3. The largest absolute Gasteiger partial charge is 0.348 e. The summed E-state index contributed by atoms with van der Waals surface area (Å²) in [5, 5.41) is 15.1. The summed E-state index contributed by atoms with van der Waals surface area (Å²) >= 11 is 0. The molecule has 0 aromatic heterocycles. The fourth-order valence-corrected chi connectivity index (χ4v) is 3.84. The molecule has 0 bridgehead atoms. The molecule has 30 heavy (non-hydrogen) atoms. The molecular formula is C25H49N3O2. The second-order valence-electron chi connectivity index (χ2n) is 10.1. The van der Waals surface area contributed by atoms with Crippen molar-refractivity contribution in [2.75, 3.05) is 6.54 Å². The lowest BCUT2D eigenvalue weighted by Gasteiger charge is -2.28. The van der Waals surface area contributed by atoms with Crippen LogP contribution in [-0.4, -0.2) is 36.0 Å². The summed E-state index contributed by atoms with van der Waals surface area (Å²) in [5.41, 5.74) is 0.446. The number of ketones is 1. The number of amides is 1. The van der Waals surface area contributed by atoms with Crippen molar-refractivity contribution in [1.82, 2.24) is 10.6 Å². The molecule has 0 aromatic rings. The van der Waals surface area contributed by atoms with Crippen LogP contribution in [0, 0.1) is 35.0 Å². The van der Waals surface area contributed by atoms with Gasteiger partial charge in [0.05, 0.1) is 6.04 Å². The average Bonchev–Trinajstić information content (AvgIpc) is 2.68. The summed E-state index contributed by atoms with van der Waals surface area (Å²) in [5.74, 6) is 0.444. The highest BCUT2D eigenvalue weighted by molar-refractivity contribution is 5.95. The maximum absolute atomic E-state index is 13.1. The molecule has 0 aliphatic carbocycles. The Balaban J connectivity index is 4.94. The van der Waals surface area contributed by atoms with Crippen molar-refractivity contribution in [3.63, 3.8) is 0 Å². The summed E-state index contributed by atoms with van der Waals surface area (Å²) in [4.78, 5) is 25.4. The molecule has 3 N–H and O–H groups in total. The van der Waals surface area contributed by atoms with Crippen LogP contribution in [0.25, 0.3) is 0 Å². The molecule has 0 spiro atoms. The summed E-state index contributed by atoms with van der Waals surface area (Å²) in [7, 11) is 0. The minimum atomic E-state index is -0.329. The number of rotatable bonds is 16. The first-order valence-corrected chi connectivity index (χ1v) is 11.8. The minimum Gasteiger partial charge on any atom is -0.348 e. The lowest BCUT2D eigenvalue weighted by Crippen LogP contribution is -2.47. The summed E-state index contributed by atoms with van der Waals surface area (Å²) in [6, 6.07) is -0.123. The van der Waals surface area contributed by atoms with Gasteiger partial charge in [-0.05, 0) is 44.1 Å². The molecule has 5 nitrogen and oxygen atoms in total. The molecule has 4 atom stereocenters. The molecule has 0 rings (SSSR count). The monoisotopic (exact) mass is 424 g/mol. The van der Waals surface area contributed by atoms with E-state index in [9.17, 15) is 9.59 Å². The topological polar surface area (TPSA) is 82.1 Å². The third-order valence-electron chi connectivity index (χ3n) is 5.52. The van der Waals surface area contributed by atoms with Crippen molar-refractivity contribution in [3.8, 4) is 0 Å². The van der Waals surface area contributed by atoms with Gasteiger partial charge in [-0.1, -0.05) is 68.7 Å². The standard InChI is InChI=1S/C25H49N3O2/c1-16(2)14-21(12-10-11-13-27-19(7)8)25(30)28-23(17(3)4)22(26)15-20(9)24(29)18(5)6/h16-21,23,26-27H,10-15H2,1-9H3,(H,28,30)/t20-,21+,23+/m1/s1/i7D/t19?,20-,21+,23+. The van der Waals surface area contributed by atoms with Crippen LogP contribution in [0.15, 0.2) is 0 Å². The van der Waals surface area contributed by atoms with Gasteiger partial charge in [-0.25, -0.2) is 0 Å². The molecule has 0 aromatic carbocycles. The number of carbonyl (C=O) groups excluding carboxylic acids is 2. The summed E-state index contributed by atoms with van der Waals surface area (Å²) in [6.45, 7) is 17.2. The molecule has 0 aliphatic rings. The van der Waals surface area contributed by atoms with Gasteiger partial charge in [-0.2, -0.15) is 0 Å². The third-order valence-corrected chi connectivity index (χ3v) is 5.52. The van der Waals surface area contributed by atoms with Crippen LogP contribution < -0.4 is 10.6 Å². The number of carbonyl (C=O) groups is 2. The fourth-order valence-electron chi connectivity index (χ4n) is 3.84. The Bertz CT molecular complexity index is 549. The van der Waals surface area contributed by atoms with Gasteiger partial charge in [-0.3, -0.25) is 9.59 Å². The fraction of sp³-hybridized carbons (Fsp3) is 0.880. The van der Waals surface area contributed by atoms with Gasteiger partial charge in [0.1, 0.15) is 5.78 Å². The van der Waals surface area contributed by atoms with Crippen LogP contribution in [0.1, 0.15) is 95.8 Å². The van der Waals surface area contributed by atoms with Gasteiger partial charge in [0.25, 0.3) is 0 Å². The predicted octanol–water partition coefficient (Wildman–Crippen LogP) is 5.23. The van der Waals surface area contributed by atoms with E-state index in [4.69, 9.17) is 6.78 Å². The molecular weight excluding hydrogens is 374 g/mol. The van der Waals surface area contributed by atoms with Crippen LogP contribution in [0.5, 0.6) is 0 Å². The van der Waals surface area contributed by atoms with E-state index >= 15 is 0 Å². The van der Waals surface area contributed by atoms with Gasteiger partial charge in [0.15, 0.2) is 0 Å². The zero-order chi connectivity index (χ0) is 24.1. The van der Waals surface area contributed by atoms with Gasteiger partial charge in [0.2, 0.25) is 5.91 Å². The molecule has 1 amide bonds. The molecule has 0 saturated heterocycles. The number of Topliss-reactive ketones (excluding diaryl/α,β-unsaturated/α-hetero) is 1. The van der Waals surface area contributed by atoms with Gasteiger partial charge < -0.3 is 16.0 Å². The molecule has 0 radical (unpaired) electrons. The maximum atomic E-state index is 13.1. The Hall–Kier alpha value is -1.23. The highest BCUT2D eigenvalue weighted by atomic mass is 16.2. The van der Waals surface area contributed by atoms with E-state index in [0.717, 1.165) is 32.2 Å². The molecule has 0 fully saturated rings. The zero-order valence-electron chi connectivity index (χ0n) is 21.8. The van der Waals surface area contributed by atoms with Crippen molar-refractivity contribution in [1.29, 1.82) is 5.41 Å². The average molecular weight is 425 g/mol. The number of unbranched alkanes of at least 4 members (excludes halogenated alkanes) is 1. The van der Waals surface area contributed by atoms with E-state index in [1.54, 1.807) is 0 Å². The van der Waals surface area contributed by atoms with Gasteiger partial charge in [-0.15, -0.1) is 0 Å². The second-order valence-corrected chi connectivity index (χ2v) is 10.1. The van der Waals surface area contributed by atoms with Crippen LogP contribution >= 0.6 is 0 Å². The zero-order valence-corrected chi connectivity index (χ0v) is 20.8. The van der Waals surface area contributed by atoms with Crippen molar-refractivity contribution >= 4 is 17.4 Å². The minimum absolute atomic E-state index is 0.0347. The smallest absolute Gasteiger partial charge is 0.223 e. The highest BCUT2D eigenvalue weighted by Gasteiger charge is 2.28. The van der Waals surface area contributed by atoms with Crippen LogP contribution in [0.2, 0.25) is 0 Å². The molecule has 0 aliphatic heterocycles. The Kier molecular flexibility index (Phi) is 13.2. The SMILES string of the molecule is [2H]CC(C)NCCCC[C@@H](CC(C)C)C(=O)N[C@H](C(=N)C[C@@H](C)C(=O)C(C)C)C(C)C. The van der Waals surface area contributed by atoms with Crippen LogP contribution in [0.3, 0.4) is 0 Å². The quantitative estimate of drug-likeness (QED) is 0.234. The van der Waals surface area contributed by atoms with E-state index in [2.05, 4.69) is 24.5 Å². The van der Waals surface area contributed by atoms with E-state index in [1.807, 2.05) is 41.5 Å². The first-order valence-electron chi connectivity index (χ1n) is 12.5. The van der Waals surface area contributed by atoms with Crippen LogP contribution in [-0.2, 0) is 9.59 Å². The third kappa shape index (κ3) is 11.8. The lowest BCUT2D eigenvalue weighted by molar-refractivity contribution is -0.126. The Morgan fingerprint density at radius 3 is 2.13 bits per heavy atom. The predicted molar refractivity (Wildman–Crippen MR) is 128 cm³/mol. The second kappa shape index (κ2) is 14.7. The number of hydrogen-bond acceptors (Lipinski definition) is 4. The Morgan fingerprint density at radius 2 is 1.63 bits per heavy atom. The summed E-state index contributed by atoms with van der Waals surface area (Å²) in [6.07, 6.45) is 4.02. The molecule has 0 heterocycles. The van der Waals surface area contributed by atoms with E-state index < -0.39 is 0 Å². The molecule has 5 heteroatoms. The lowest BCUT2D eigenvalue weighted by atomic mass is 9.86. The summed E-state index contributed by atoms with van der Waals surface area (Å²) < 4.78 is 7.36. The Labute approximate surface area is 187 Å². The number of nitrogens with one attached hydrogen (secondary N) is 3. The van der Waals surface area contributed by atoms with Crippen molar-refractivity contribution in [2.45, 2.75) is 106 Å². The Morgan fingerprint density at radius 1 is 1.00 bits per heavy atom. The first kappa shape index (κ1) is 26.8. The molecule has 176 valence electrons. The van der Waals surface area contributed by atoms with Crippen molar-refractivity contribution < 1.29 is 11.0 Å². The van der Waals surface area contributed by atoms with E-state index in [1.165, 1.54) is 0 Å². The molecule has 0 saturated carbocycles. The number of hydrogen-bond donors (Lipinski definition) is 3. The van der Waals surface area contributed by atoms with E-state index in [-0.39, 0.29) is 47.4 Å². The maximum Gasteiger partial charge on any atom is 0.223 e. The first-order chi connectivity index (χ1) is 14.4. The van der Waals surface area contributed by atoms with Crippen LogP contribution in [0.4, 0.5) is 0 Å². The highest BCUT2D eigenvalue weighted by Crippen LogP contribution is 2.21. The van der Waals surface area contributed by atoms with Crippen molar-refractivity contribution in [3.05, 3.63) is 0 Å². The van der Waals surface area contributed by atoms with Gasteiger partial charge in [0, 0.05) is 30.9 Å². The van der Waals surface area contributed by atoms with Gasteiger partial charge >= 0.3 is 0 Å². The van der Waals surface area contributed by atoms with Crippen molar-refractivity contribution in [2.24, 2.45) is 29.6 Å². The van der Waals surface area contributed by atoms with E-state index in [0.29, 0.717) is 25.0 Å². The molecule has 1 unspecified atom stereocenters.